The smallest absolute Gasteiger partial charge is 0.0401 e. The van der Waals surface area contributed by atoms with E-state index in [-0.39, 0.29) is 0 Å². The van der Waals surface area contributed by atoms with E-state index in [1.807, 2.05) is 0 Å². The summed E-state index contributed by atoms with van der Waals surface area (Å²) in [5.41, 5.74) is 3.08. The molecule has 1 aromatic carbocycles. The maximum Gasteiger partial charge on any atom is 0.0401 e. The van der Waals surface area contributed by atoms with Crippen LogP contribution in [0.15, 0.2) is 24.3 Å². The number of benzene rings is 1. The fourth-order valence-corrected chi connectivity index (χ4v) is 3.59. The summed E-state index contributed by atoms with van der Waals surface area (Å²) >= 11 is 0. The summed E-state index contributed by atoms with van der Waals surface area (Å²) in [5, 5.41) is 3.53. The highest BCUT2D eigenvalue weighted by molar-refractivity contribution is 5.55. The zero-order chi connectivity index (χ0) is 13.1. The molecular weight excluding hydrogens is 232 g/mol. The minimum Gasteiger partial charge on any atom is -0.368 e. The molecule has 0 saturated heterocycles. The maximum atomic E-state index is 3.53. The lowest BCUT2D eigenvalue weighted by molar-refractivity contribution is 0.235. The summed E-state index contributed by atoms with van der Waals surface area (Å²) in [6, 6.07) is 9.83. The minimum atomic E-state index is 0.776. The molecular formula is C17H26N2. The number of anilines is 1. The van der Waals surface area contributed by atoms with Crippen LogP contribution in [0.3, 0.4) is 0 Å². The topological polar surface area (TPSA) is 15.3 Å². The first-order valence-corrected chi connectivity index (χ1v) is 7.95. The molecule has 1 fully saturated rings. The van der Waals surface area contributed by atoms with Crippen molar-refractivity contribution >= 4 is 5.69 Å². The quantitative estimate of drug-likeness (QED) is 0.892. The van der Waals surface area contributed by atoms with Gasteiger partial charge < -0.3 is 10.2 Å². The predicted octanol–water partition coefficient (Wildman–Crippen LogP) is 3.22. The van der Waals surface area contributed by atoms with E-state index < -0.39 is 0 Å². The van der Waals surface area contributed by atoms with E-state index in [2.05, 4.69) is 41.4 Å². The van der Waals surface area contributed by atoms with Gasteiger partial charge in [0.2, 0.25) is 0 Å². The highest BCUT2D eigenvalue weighted by Gasteiger charge is 2.36. The molecule has 2 heteroatoms. The molecule has 1 N–H and O–H groups in total. The molecule has 2 unspecified atom stereocenters. The van der Waals surface area contributed by atoms with Crippen molar-refractivity contribution in [3.8, 4) is 0 Å². The molecule has 1 saturated carbocycles. The van der Waals surface area contributed by atoms with Crippen molar-refractivity contribution in [2.75, 3.05) is 24.5 Å². The van der Waals surface area contributed by atoms with Crippen LogP contribution in [-0.2, 0) is 6.42 Å². The second kappa shape index (κ2) is 5.96. The van der Waals surface area contributed by atoms with Gasteiger partial charge in [0, 0.05) is 18.3 Å². The Morgan fingerprint density at radius 3 is 2.89 bits per heavy atom. The lowest BCUT2D eigenvalue weighted by Gasteiger charge is -2.46. The molecule has 0 radical (unpaired) electrons. The fourth-order valence-electron chi connectivity index (χ4n) is 3.59. The summed E-state index contributed by atoms with van der Waals surface area (Å²) in [5.74, 6) is 0.853. The first kappa shape index (κ1) is 13.0. The van der Waals surface area contributed by atoms with Crippen molar-refractivity contribution in [1.29, 1.82) is 0 Å². The van der Waals surface area contributed by atoms with Crippen molar-refractivity contribution < 1.29 is 0 Å². The maximum absolute atomic E-state index is 3.53. The van der Waals surface area contributed by atoms with E-state index in [0.717, 1.165) is 18.5 Å². The SMILES string of the molecule is CCNCC1CCC1N1CCCCc2ccccc21. The van der Waals surface area contributed by atoms with E-state index >= 15 is 0 Å². The van der Waals surface area contributed by atoms with Crippen LogP contribution in [0.1, 0.15) is 38.2 Å². The molecule has 0 spiro atoms. The Hall–Kier alpha value is -1.02. The Labute approximate surface area is 117 Å². The molecule has 2 aliphatic rings. The van der Waals surface area contributed by atoms with Crippen molar-refractivity contribution in [3.63, 3.8) is 0 Å². The Morgan fingerprint density at radius 1 is 1.21 bits per heavy atom. The molecule has 2 nitrogen and oxygen atoms in total. The molecule has 1 heterocycles. The van der Waals surface area contributed by atoms with E-state index in [9.17, 15) is 0 Å². The zero-order valence-electron chi connectivity index (χ0n) is 12.1. The molecule has 0 amide bonds. The summed E-state index contributed by atoms with van der Waals surface area (Å²) in [7, 11) is 0. The lowest BCUT2D eigenvalue weighted by Crippen LogP contribution is -2.51. The van der Waals surface area contributed by atoms with E-state index in [1.165, 1.54) is 50.9 Å². The van der Waals surface area contributed by atoms with Gasteiger partial charge >= 0.3 is 0 Å². The van der Waals surface area contributed by atoms with Gasteiger partial charge in [0.05, 0.1) is 0 Å². The van der Waals surface area contributed by atoms with Gasteiger partial charge in [-0.15, -0.1) is 0 Å². The van der Waals surface area contributed by atoms with E-state index in [1.54, 1.807) is 5.56 Å². The van der Waals surface area contributed by atoms with Gasteiger partial charge in [-0.25, -0.2) is 0 Å². The molecule has 19 heavy (non-hydrogen) atoms. The Bertz CT molecular complexity index is 415. The summed E-state index contributed by atoms with van der Waals surface area (Å²) in [6.07, 6.45) is 6.73. The average molecular weight is 258 g/mol. The molecule has 1 aromatic rings. The molecule has 104 valence electrons. The van der Waals surface area contributed by atoms with Gasteiger partial charge in [-0.2, -0.15) is 0 Å². The number of para-hydroxylation sites is 1. The van der Waals surface area contributed by atoms with Crippen LogP contribution >= 0.6 is 0 Å². The molecule has 1 aliphatic carbocycles. The largest absolute Gasteiger partial charge is 0.368 e. The standard InChI is InChI=1S/C17H26N2/c1-2-18-13-15-10-11-17(15)19-12-6-5-8-14-7-3-4-9-16(14)19/h3-4,7,9,15,17-18H,2,5-6,8,10-13H2,1H3. The van der Waals surface area contributed by atoms with Crippen LogP contribution in [0, 0.1) is 5.92 Å². The average Bonchev–Trinajstić information content (AvgIpc) is 2.61. The van der Waals surface area contributed by atoms with Crippen molar-refractivity contribution in [2.45, 2.75) is 45.1 Å². The summed E-state index contributed by atoms with van der Waals surface area (Å²) < 4.78 is 0. The number of nitrogens with zero attached hydrogens (tertiary/aromatic N) is 1. The molecule has 1 aliphatic heterocycles. The van der Waals surface area contributed by atoms with Gasteiger partial charge in [0.15, 0.2) is 0 Å². The Kier molecular flexibility index (Phi) is 4.07. The number of hydrogen-bond acceptors (Lipinski definition) is 2. The number of rotatable bonds is 4. The number of hydrogen-bond donors (Lipinski definition) is 1. The number of fused-ring (bicyclic) bond motifs is 1. The highest BCUT2D eigenvalue weighted by Crippen LogP contribution is 2.37. The first-order chi connectivity index (χ1) is 9.40. The second-order valence-electron chi connectivity index (χ2n) is 5.99. The highest BCUT2D eigenvalue weighted by atomic mass is 15.2. The normalized spacial score (nSPS) is 26.5. The molecule has 2 atom stereocenters. The van der Waals surface area contributed by atoms with Crippen LogP contribution in [0.4, 0.5) is 5.69 Å². The predicted molar refractivity (Wildman–Crippen MR) is 81.8 cm³/mol. The molecule has 0 bridgehead atoms. The van der Waals surface area contributed by atoms with Crippen LogP contribution < -0.4 is 10.2 Å². The summed E-state index contributed by atoms with van der Waals surface area (Å²) in [6.45, 7) is 5.75. The Balaban J connectivity index is 1.77. The molecule has 3 rings (SSSR count). The van der Waals surface area contributed by atoms with Crippen LogP contribution in [0.25, 0.3) is 0 Å². The summed E-state index contributed by atoms with van der Waals surface area (Å²) in [4.78, 5) is 2.72. The van der Waals surface area contributed by atoms with Gasteiger partial charge in [-0.3, -0.25) is 0 Å². The third-order valence-corrected chi connectivity index (χ3v) is 4.83. The van der Waals surface area contributed by atoms with Crippen molar-refractivity contribution in [1.82, 2.24) is 5.32 Å². The van der Waals surface area contributed by atoms with Crippen LogP contribution in [0.2, 0.25) is 0 Å². The fraction of sp³-hybridized carbons (Fsp3) is 0.647. The van der Waals surface area contributed by atoms with Crippen molar-refractivity contribution in [3.05, 3.63) is 29.8 Å². The Morgan fingerprint density at radius 2 is 2.11 bits per heavy atom. The third kappa shape index (κ3) is 2.64. The number of aryl methyl sites for hydroxylation is 1. The lowest BCUT2D eigenvalue weighted by atomic mass is 9.78. The van der Waals surface area contributed by atoms with Crippen LogP contribution in [0.5, 0.6) is 0 Å². The van der Waals surface area contributed by atoms with E-state index in [4.69, 9.17) is 0 Å². The number of nitrogens with one attached hydrogen (secondary N) is 1. The van der Waals surface area contributed by atoms with Gasteiger partial charge in [0.25, 0.3) is 0 Å². The second-order valence-corrected chi connectivity index (χ2v) is 5.99. The zero-order valence-corrected chi connectivity index (χ0v) is 12.1. The first-order valence-electron chi connectivity index (χ1n) is 7.95. The van der Waals surface area contributed by atoms with Crippen LogP contribution in [-0.4, -0.2) is 25.7 Å². The monoisotopic (exact) mass is 258 g/mol. The van der Waals surface area contributed by atoms with Gasteiger partial charge in [-0.05, 0) is 62.7 Å². The van der Waals surface area contributed by atoms with E-state index in [0.29, 0.717) is 0 Å². The molecule has 0 aromatic heterocycles. The minimum absolute atomic E-state index is 0.776. The third-order valence-electron chi connectivity index (χ3n) is 4.83. The van der Waals surface area contributed by atoms with Gasteiger partial charge in [0.1, 0.15) is 0 Å². The van der Waals surface area contributed by atoms with Gasteiger partial charge in [-0.1, -0.05) is 25.1 Å². The van der Waals surface area contributed by atoms with Crippen molar-refractivity contribution in [2.24, 2.45) is 5.92 Å².